The first-order valence-electron chi connectivity index (χ1n) is 11.7. The molecule has 0 unspecified atom stereocenters. The molecule has 1 aliphatic heterocycles. The molecule has 4 aromatic rings. The topological polar surface area (TPSA) is 58.4 Å². The van der Waals surface area contributed by atoms with Crippen LogP contribution in [0.5, 0.6) is 0 Å². The number of amides is 2. The van der Waals surface area contributed by atoms with Crippen molar-refractivity contribution < 1.29 is 9.59 Å². The van der Waals surface area contributed by atoms with Crippen molar-refractivity contribution in [2.24, 2.45) is 0 Å². The van der Waals surface area contributed by atoms with Crippen molar-refractivity contribution in [3.8, 4) is 0 Å². The van der Waals surface area contributed by atoms with Crippen LogP contribution in [-0.2, 0) is 16.1 Å². The second-order valence-corrected chi connectivity index (χ2v) is 8.76. The number of benzene rings is 3. The molecule has 5 rings (SSSR count). The molecule has 2 amide bonds. The molecule has 1 aliphatic rings. The highest BCUT2D eigenvalue weighted by molar-refractivity contribution is 5.97. The molecule has 34 heavy (non-hydrogen) atoms. The summed E-state index contributed by atoms with van der Waals surface area (Å²) < 4.78 is 2.00. The summed E-state index contributed by atoms with van der Waals surface area (Å²) in [5, 5.41) is 0. The standard InChI is InChI=1S/C28H28N4O2/c1-3-30(22-11-5-4-6-12-22)27(34)19-32-25-15-8-7-14-24(25)29-28(32)21-17-26(33)31(18-21)23-13-9-10-20(2)16-23/h4-16,21H,3,17-19H2,1-2H3/t21-/m0/s1. The fourth-order valence-electron chi connectivity index (χ4n) is 4.83. The zero-order valence-corrected chi connectivity index (χ0v) is 19.5. The minimum atomic E-state index is -0.0833. The second kappa shape index (κ2) is 9.14. The summed E-state index contributed by atoms with van der Waals surface area (Å²) in [5.41, 5.74) is 4.66. The van der Waals surface area contributed by atoms with Crippen LogP contribution in [-0.4, -0.2) is 34.5 Å². The highest BCUT2D eigenvalue weighted by atomic mass is 16.2. The number of fused-ring (bicyclic) bond motifs is 1. The van der Waals surface area contributed by atoms with E-state index in [1.54, 1.807) is 4.90 Å². The van der Waals surface area contributed by atoms with Crippen molar-refractivity contribution in [1.29, 1.82) is 0 Å². The average Bonchev–Trinajstić information content (AvgIpc) is 3.41. The van der Waals surface area contributed by atoms with Crippen LogP contribution in [0.15, 0.2) is 78.9 Å². The Morgan fingerprint density at radius 3 is 2.56 bits per heavy atom. The first-order valence-corrected chi connectivity index (χ1v) is 11.7. The van der Waals surface area contributed by atoms with Gasteiger partial charge in [-0.05, 0) is 55.8 Å². The Morgan fingerprint density at radius 1 is 1.03 bits per heavy atom. The number of anilines is 2. The van der Waals surface area contributed by atoms with E-state index in [0.29, 0.717) is 19.5 Å². The molecular weight excluding hydrogens is 424 g/mol. The van der Waals surface area contributed by atoms with Crippen LogP contribution in [0.1, 0.15) is 30.7 Å². The summed E-state index contributed by atoms with van der Waals surface area (Å²) in [6.45, 7) is 5.31. The molecule has 0 bridgehead atoms. The van der Waals surface area contributed by atoms with Crippen molar-refractivity contribution in [1.82, 2.24) is 9.55 Å². The van der Waals surface area contributed by atoms with E-state index in [4.69, 9.17) is 4.98 Å². The zero-order valence-electron chi connectivity index (χ0n) is 19.5. The molecule has 3 aromatic carbocycles. The SMILES string of the molecule is CCN(C(=O)Cn1c([C@H]2CC(=O)N(c3cccc(C)c3)C2)nc2ccccc21)c1ccccc1. The van der Waals surface area contributed by atoms with Crippen LogP contribution >= 0.6 is 0 Å². The average molecular weight is 453 g/mol. The van der Waals surface area contributed by atoms with Gasteiger partial charge in [0.2, 0.25) is 11.8 Å². The van der Waals surface area contributed by atoms with Crippen LogP contribution in [0.25, 0.3) is 11.0 Å². The Labute approximate surface area is 199 Å². The second-order valence-electron chi connectivity index (χ2n) is 8.76. The maximum absolute atomic E-state index is 13.4. The van der Waals surface area contributed by atoms with E-state index < -0.39 is 0 Å². The molecule has 1 saturated heterocycles. The molecule has 1 fully saturated rings. The first kappa shape index (κ1) is 21.9. The molecule has 0 N–H and O–H groups in total. The quantitative estimate of drug-likeness (QED) is 0.417. The minimum Gasteiger partial charge on any atom is -0.318 e. The van der Waals surface area contributed by atoms with Crippen LogP contribution < -0.4 is 9.80 Å². The highest BCUT2D eigenvalue weighted by Gasteiger charge is 2.35. The highest BCUT2D eigenvalue weighted by Crippen LogP contribution is 2.33. The Hall–Kier alpha value is -3.93. The van der Waals surface area contributed by atoms with Crippen LogP contribution in [0.2, 0.25) is 0 Å². The van der Waals surface area contributed by atoms with Gasteiger partial charge < -0.3 is 14.4 Å². The van der Waals surface area contributed by atoms with Crippen molar-refractivity contribution in [2.45, 2.75) is 32.7 Å². The molecule has 6 heteroatoms. The third-order valence-corrected chi connectivity index (χ3v) is 6.47. The molecule has 0 radical (unpaired) electrons. The number of rotatable bonds is 6. The maximum Gasteiger partial charge on any atom is 0.246 e. The van der Waals surface area contributed by atoms with Crippen molar-refractivity contribution in [3.63, 3.8) is 0 Å². The number of hydrogen-bond donors (Lipinski definition) is 0. The molecular formula is C28H28N4O2. The predicted molar refractivity (Wildman–Crippen MR) is 135 cm³/mol. The molecule has 1 atom stereocenters. The van der Waals surface area contributed by atoms with E-state index >= 15 is 0 Å². The van der Waals surface area contributed by atoms with Gasteiger partial charge >= 0.3 is 0 Å². The lowest BCUT2D eigenvalue weighted by Crippen LogP contribution is -2.34. The fourth-order valence-corrected chi connectivity index (χ4v) is 4.83. The first-order chi connectivity index (χ1) is 16.5. The number of hydrogen-bond acceptors (Lipinski definition) is 3. The van der Waals surface area contributed by atoms with E-state index in [9.17, 15) is 9.59 Å². The Morgan fingerprint density at radius 2 is 1.79 bits per heavy atom. The third-order valence-electron chi connectivity index (χ3n) is 6.47. The van der Waals surface area contributed by atoms with Crippen molar-refractivity contribution >= 4 is 34.2 Å². The number of imidazole rings is 1. The Balaban J connectivity index is 1.48. The lowest BCUT2D eigenvalue weighted by atomic mass is 10.1. The summed E-state index contributed by atoms with van der Waals surface area (Å²) in [4.78, 5) is 34.9. The number of nitrogens with zero attached hydrogens (tertiary/aromatic N) is 4. The van der Waals surface area contributed by atoms with E-state index in [-0.39, 0.29) is 24.3 Å². The number of carbonyl (C=O) groups is 2. The normalized spacial score (nSPS) is 15.8. The lowest BCUT2D eigenvalue weighted by molar-refractivity contribution is -0.119. The smallest absolute Gasteiger partial charge is 0.246 e. The number of aryl methyl sites for hydroxylation is 1. The van der Waals surface area contributed by atoms with Crippen molar-refractivity contribution in [2.75, 3.05) is 22.9 Å². The molecule has 0 saturated carbocycles. The number of carbonyl (C=O) groups excluding carboxylic acids is 2. The Bertz CT molecular complexity index is 1350. The van der Waals surface area contributed by atoms with Gasteiger partial charge in [-0.25, -0.2) is 4.98 Å². The largest absolute Gasteiger partial charge is 0.318 e. The molecule has 0 spiro atoms. The summed E-state index contributed by atoms with van der Waals surface area (Å²) in [6.07, 6.45) is 0.377. The van der Waals surface area contributed by atoms with Crippen LogP contribution in [0, 0.1) is 6.92 Å². The van der Waals surface area contributed by atoms with Gasteiger partial charge in [-0.3, -0.25) is 9.59 Å². The zero-order chi connectivity index (χ0) is 23.7. The fraction of sp³-hybridized carbons (Fsp3) is 0.250. The molecule has 2 heterocycles. The molecule has 1 aromatic heterocycles. The van der Waals surface area contributed by atoms with Gasteiger partial charge in [-0.1, -0.05) is 42.5 Å². The van der Waals surface area contributed by atoms with Gasteiger partial charge in [0.15, 0.2) is 0 Å². The third kappa shape index (κ3) is 4.07. The van der Waals surface area contributed by atoms with Gasteiger partial charge in [0.1, 0.15) is 12.4 Å². The van der Waals surface area contributed by atoms with Gasteiger partial charge in [0.25, 0.3) is 0 Å². The predicted octanol–water partition coefficient (Wildman–Crippen LogP) is 4.92. The maximum atomic E-state index is 13.4. The van der Waals surface area contributed by atoms with Crippen LogP contribution in [0.3, 0.4) is 0 Å². The minimum absolute atomic E-state index is 0.00188. The number of para-hydroxylation sites is 3. The summed E-state index contributed by atoms with van der Waals surface area (Å²) >= 11 is 0. The number of aromatic nitrogens is 2. The summed E-state index contributed by atoms with van der Waals surface area (Å²) in [6, 6.07) is 25.6. The van der Waals surface area contributed by atoms with E-state index in [2.05, 4.69) is 0 Å². The van der Waals surface area contributed by atoms with Gasteiger partial charge in [-0.2, -0.15) is 0 Å². The van der Waals surface area contributed by atoms with Gasteiger partial charge in [-0.15, -0.1) is 0 Å². The van der Waals surface area contributed by atoms with E-state index in [1.165, 1.54) is 0 Å². The van der Waals surface area contributed by atoms with Gasteiger partial charge in [0, 0.05) is 36.8 Å². The number of likely N-dealkylation sites (N-methyl/N-ethyl adjacent to an activating group) is 1. The monoisotopic (exact) mass is 452 g/mol. The Kier molecular flexibility index (Phi) is 5.88. The van der Waals surface area contributed by atoms with Crippen molar-refractivity contribution in [3.05, 3.63) is 90.3 Å². The lowest BCUT2D eigenvalue weighted by Gasteiger charge is -2.23. The van der Waals surface area contributed by atoms with E-state index in [0.717, 1.165) is 33.8 Å². The molecule has 172 valence electrons. The molecule has 0 aliphatic carbocycles. The van der Waals surface area contributed by atoms with Crippen LogP contribution in [0.4, 0.5) is 11.4 Å². The summed E-state index contributed by atoms with van der Waals surface area (Å²) in [7, 11) is 0. The van der Waals surface area contributed by atoms with Gasteiger partial charge in [0.05, 0.1) is 11.0 Å². The molecule has 6 nitrogen and oxygen atoms in total. The van der Waals surface area contributed by atoms with E-state index in [1.807, 2.05) is 102 Å². The summed E-state index contributed by atoms with van der Waals surface area (Å²) in [5.74, 6) is 0.792.